The molecule has 0 aliphatic carbocycles. The fourth-order valence-electron chi connectivity index (χ4n) is 5.70. The molecule has 0 spiro atoms. The van der Waals surface area contributed by atoms with Gasteiger partial charge in [0.25, 0.3) is 0 Å². The first-order valence-corrected chi connectivity index (χ1v) is 13.4. The number of hydrogen-bond acceptors (Lipinski definition) is 2. The molecular weight excluding hydrogens is 440 g/mol. The highest BCUT2D eigenvalue weighted by Crippen LogP contribution is 2.52. The van der Waals surface area contributed by atoms with E-state index >= 15 is 0 Å². The number of benzene rings is 4. The number of phenolic OH excluding ortho intramolecular Hbond substituents is 2. The largest absolute Gasteiger partial charge is 0.508 e. The van der Waals surface area contributed by atoms with Crippen molar-refractivity contribution in [2.75, 3.05) is 0 Å². The summed E-state index contributed by atoms with van der Waals surface area (Å²) in [6.07, 6.45) is 8.47. The number of rotatable bonds is 12. The average molecular weight is 479 g/mol. The van der Waals surface area contributed by atoms with Crippen LogP contribution < -0.4 is 0 Å². The van der Waals surface area contributed by atoms with Gasteiger partial charge in [-0.3, -0.25) is 0 Å². The minimum atomic E-state index is -0.462. The maximum absolute atomic E-state index is 10.2. The van der Waals surface area contributed by atoms with Crippen LogP contribution in [0.25, 0.3) is 0 Å². The smallest absolute Gasteiger partial charge is 0.115 e. The minimum Gasteiger partial charge on any atom is -0.508 e. The number of hydrogen-bond donors (Lipinski definition) is 2. The first-order chi connectivity index (χ1) is 17.7. The monoisotopic (exact) mass is 478 g/mol. The van der Waals surface area contributed by atoms with Crippen LogP contribution in [0.1, 0.15) is 80.0 Å². The predicted molar refractivity (Wildman–Crippen MR) is 150 cm³/mol. The highest BCUT2D eigenvalue weighted by molar-refractivity contribution is 5.55. The first kappa shape index (κ1) is 25.6. The fourth-order valence-corrected chi connectivity index (χ4v) is 5.70. The summed E-state index contributed by atoms with van der Waals surface area (Å²) in [4.78, 5) is 0. The molecule has 36 heavy (non-hydrogen) atoms. The zero-order valence-corrected chi connectivity index (χ0v) is 21.3. The van der Waals surface area contributed by atoms with Crippen LogP contribution in [-0.4, -0.2) is 10.2 Å². The molecule has 1 atom stereocenters. The Balaban J connectivity index is 1.91. The summed E-state index contributed by atoms with van der Waals surface area (Å²) in [5.74, 6) is 0.691. The van der Waals surface area contributed by atoms with Crippen LogP contribution in [0, 0.1) is 0 Å². The van der Waals surface area contributed by atoms with E-state index in [1.807, 2.05) is 0 Å². The van der Waals surface area contributed by atoms with Gasteiger partial charge < -0.3 is 10.2 Å². The number of phenols is 2. The molecule has 1 unspecified atom stereocenters. The van der Waals surface area contributed by atoms with E-state index < -0.39 is 5.41 Å². The zero-order chi connectivity index (χ0) is 25.2. The Kier molecular flexibility index (Phi) is 8.84. The summed E-state index contributed by atoms with van der Waals surface area (Å²) < 4.78 is 0. The van der Waals surface area contributed by atoms with Gasteiger partial charge in [0, 0.05) is 5.92 Å². The van der Waals surface area contributed by atoms with E-state index in [1.54, 1.807) is 24.3 Å². The van der Waals surface area contributed by atoms with Crippen molar-refractivity contribution in [2.24, 2.45) is 0 Å². The van der Waals surface area contributed by atoms with Crippen LogP contribution in [0.5, 0.6) is 11.5 Å². The second-order valence-corrected chi connectivity index (χ2v) is 9.79. The summed E-state index contributed by atoms with van der Waals surface area (Å²) in [6.45, 7) is 2.26. The lowest BCUT2D eigenvalue weighted by Gasteiger charge is -2.43. The van der Waals surface area contributed by atoms with E-state index in [-0.39, 0.29) is 17.4 Å². The van der Waals surface area contributed by atoms with Crippen molar-refractivity contribution in [3.63, 3.8) is 0 Å². The Morgan fingerprint density at radius 3 is 1.50 bits per heavy atom. The van der Waals surface area contributed by atoms with Crippen molar-refractivity contribution >= 4 is 0 Å². The fraction of sp³-hybridized carbons (Fsp3) is 0.294. The van der Waals surface area contributed by atoms with Gasteiger partial charge in [0.05, 0.1) is 5.41 Å². The van der Waals surface area contributed by atoms with Gasteiger partial charge in [-0.1, -0.05) is 130 Å². The summed E-state index contributed by atoms with van der Waals surface area (Å²) in [7, 11) is 0. The molecule has 0 amide bonds. The standard InChI is InChI=1S/C34H38O2/c1-2-3-4-5-6-13-18-33(27-19-23-31(35)24-20-27)34(28-14-9-7-10-15-28,29-16-11-8-12-17-29)30-21-25-32(36)26-22-30/h7-12,14-17,19-26,33,35-36H,2-6,13,18H2,1H3. The molecule has 0 saturated carbocycles. The molecule has 0 aliphatic heterocycles. The van der Waals surface area contributed by atoms with Gasteiger partial charge in [0.1, 0.15) is 11.5 Å². The van der Waals surface area contributed by atoms with Crippen molar-refractivity contribution in [1.29, 1.82) is 0 Å². The van der Waals surface area contributed by atoms with Crippen molar-refractivity contribution in [3.8, 4) is 11.5 Å². The molecule has 2 nitrogen and oxygen atoms in total. The van der Waals surface area contributed by atoms with Gasteiger partial charge in [-0.2, -0.15) is 0 Å². The minimum absolute atomic E-state index is 0.138. The molecule has 4 rings (SSSR count). The summed E-state index contributed by atoms with van der Waals surface area (Å²) >= 11 is 0. The molecule has 4 aromatic carbocycles. The van der Waals surface area contributed by atoms with Gasteiger partial charge in [0.15, 0.2) is 0 Å². The maximum atomic E-state index is 10.2. The Hall–Kier alpha value is -3.52. The van der Waals surface area contributed by atoms with E-state index in [9.17, 15) is 10.2 Å². The SMILES string of the molecule is CCCCCCCCC(c1ccc(O)cc1)C(c1ccccc1)(c1ccccc1)c1ccc(O)cc1. The normalized spacial score (nSPS) is 12.4. The van der Waals surface area contributed by atoms with Crippen LogP contribution in [0.4, 0.5) is 0 Å². The van der Waals surface area contributed by atoms with Crippen molar-refractivity contribution < 1.29 is 10.2 Å². The van der Waals surface area contributed by atoms with E-state index in [0.717, 1.165) is 18.4 Å². The maximum Gasteiger partial charge on any atom is 0.115 e. The third-order valence-corrected chi connectivity index (χ3v) is 7.45. The number of unbranched alkanes of at least 4 members (excludes halogenated alkanes) is 5. The molecule has 0 heterocycles. The molecule has 4 aromatic rings. The highest BCUT2D eigenvalue weighted by atomic mass is 16.3. The van der Waals surface area contributed by atoms with Crippen molar-refractivity contribution in [3.05, 3.63) is 131 Å². The van der Waals surface area contributed by atoms with Crippen molar-refractivity contribution in [1.82, 2.24) is 0 Å². The predicted octanol–water partition coefficient (Wildman–Crippen LogP) is 8.97. The van der Waals surface area contributed by atoms with E-state index in [0.29, 0.717) is 0 Å². The Morgan fingerprint density at radius 2 is 0.972 bits per heavy atom. The summed E-state index contributed by atoms with van der Waals surface area (Å²) in [5, 5.41) is 20.3. The molecule has 0 aliphatic rings. The summed E-state index contributed by atoms with van der Waals surface area (Å²) in [5.41, 5.74) is 4.36. The third kappa shape index (κ3) is 5.65. The molecule has 0 fully saturated rings. The summed E-state index contributed by atoms with van der Waals surface area (Å²) in [6, 6.07) is 37.1. The zero-order valence-electron chi connectivity index (χ0n) is 21.3. The van der Waals surface area contributed by atoms with E-state index in [2.05, 4.69) is 91.9 Å². The average Bonchev–Trinajstić information content (AvgIpc) is 2.92. The second kappa shape index (κ2) is 12.4. The van der Waals surface area contributed by atoms with E-state index in [1.165, 1.54) is 48.8 Å². The molecule has 0 radical (unpaired) electrons. The molecule has 0 aromatic heterocycles. The Morgan fingerprint density at radius 1 is 0.528 bits per heavy atom. The quantitative estimate of drug-likeness (QED) is 0.158. The molecule has 186 valence electrons. The van der Waals surface area contributed by atoms with Gasteiger partial charge >= 0.3 is 0 Å². The van der Waals surface area contributed by atoms with Gasteiger partial charge in [0.2, 0.25) is 0 Å². The Labute approximate surface area is 216 Å². The van der Waals surface area contributed by atoms with E-state index in [4.69, 9.17) is 0 Å². The lowest BCUT2D eigenvalue weighted by Crippen LogP contribution is -2.36. The van der Waals surface area contributed by atoms with Gasteiger partial charge in [-0.25, -0.2) is 0 Å². The van der Waals surface area contributed by atoms with Crippen LogP contribution >= 0.6 is 0 Å². The lowest BCUT2D eigenvalue weighted by molar-refractivity contribution is 0.425. The van der Waals surface area contributed by atoms with Gasteiger partial charge in [-0.15, -0.1) is 0 Å². The molecular formula is C34H38O2. The van der Waals surface area contributed by atoms with Crippen LogP contribution in [0.2, 0.25) is 0 Å². The first-order valence-electron chi connectivity index (χ1n) is 13.4. The molecule has 0 bridgehead atoms. The molecule has 2 N–H and O–H groups in total. The lowest BCUT2D eigenvalue weighted by atomic mass is 9.58. The van der Waals surface area contributed by atoms with Crippen LogP contribution in [0.3, 0.4) is 0 Å². The van der Waals surface area contributed by atoms with Crippen LogP contribution in [-0.2, 0) is 5.41 Å². The second-order valence-electron chi connectivity index (χ2n) is 9.79. The topological polar surface area (TPSA) is 40.5 Å². The highest BCUT2D eigenvalue weighted by Gasteiger charge is 2.44. The number of aromatic hydroxyl groups is 2. The Bertz CT molecular complexity index is 1130. The molecule has 0 saturated heterocycles. The third-order valence-electron chi connectivity index (χ3n) is 7.45. The van der Waals surface area contributed by atoms with Crippen LogP contribution in [0.15, 0.2) is 109 Å². The molecule has 2 heteroatoms. The van der Waals surface area contributed by atoms with Gasteiger partial charge in [-0.05, 0) is 52.9 Å². The van der Waals surface area contributed by atoms with Crippen molar-refractivity contribution in [2.45, 2.75) is 63.2 Å².